The molecule has 2 aliphatic heterocycles. The van der Waals surface area contributed by atoms with Gasteiger partial charge < -0.3 is 10.2 Å². The fourth-order valence-electron chi connectivity index (χ4n) is 6.73. The van der Waals surface area contributed by atoms with Gasteiger partial charge >= 0.3 is 0 Å². The van der Waals surface area contributed by atoms with E-state index in [9.17, 15) is 0 Å². The van der Waals surface area contributed by atoms with Crippen LogP contribution in [-0.4, -0.2) is 6.71 Å². The standard InChI is InChI=1S/C37H25BF2N2/c1-23-11-5-6-14-26(23)27-15-9-17-29-37(27)41-32-21-24(35-30(39)18-10-19-31(35)40)22-34-36(32)38(29)28-16-7-8-20-33(28)42(34)25-12-3-2-4-13-25/h2-22,41H,1H3. The van der Waals surface area contributed by atoms with Crippen LogP contribution in [0, 0.1) is 18.6 Å². The van der Waals surface area contributed by atoms with Gasteiger partial charge in [0.15, 0.2) is 0 Å². The molecule has 6 aromatic rings. The Bertz CT molecular complexity index is 2000. The van der Waals surface area contributed by atoms with E-state index in [1.165, 1.54) is 34.7 Å². The second-order valence-electron chi connectivity index (χ2n) is 10.9. The van der Waals surface area contributed by atoms with Gasteiger partial charge in [-0.05, 0) is 82.5 Å². The highest BCUT2D eigenvalue weighted by molar-refractivity contribution is 7.00. The van der Waals surface area contributed by atoms with Crippen molar-refractivity contribution in [3.8, 4) is 22.3 Å². The van der Waals surface area contributed by atoms with Crippen LogP contribution in [0.5, 0.6) is 0 Å². The number of aryl methyl sites for hydroxylation is 1. The van der Waals surface area contributed by atoms with Crippen molar-refractivity contribution in [3.63, 3.8) is 0 Å². The second kappa shape index (κ2) is 9.46. The minimum absolute atomic E-state index is 0.0280. The van der Waals surface area contributed by atoms with Crippen molar-refractivity contribution in [2.24, 2.45) is 0 Å². The topological polar surface area (TPSA) is 15.3 Å². The van der Waals surface area contributed by atoms with Gasteiger partial charge in [0, 0.05) is 34.0 Å². The van der Waals surface area contributed by atoms with E-state index in [0.717, 1.165) is 45.0 Å². The number of hydrogen-bond donors (Lipinski definition) is 1. The molecule has 42 heavy (non-hydrogen) atoms. The van der Waals surface area contributed by atoms with Gasteiger partial charge in [-0.2, -0.15) is 0 Å². The molecule has 0 amide bonds. The van der Waals surface area contributed by atoms with Crippen molar-refractivity contribution in [2.75, 3.05) is 10.2 Å². The summed E-state index contributed by atoms with van der Waals surface area (Å²) in [5.41, 5.74) is 12.1. The van der Waals surface area contributed by atoms with Crippen LogP contribution in [-0.2, 0) is 0 Å². The average Bonchev–Trinajstić information content (AvgIpc) is 3.01. The van der Waals surface area contributed by atoms with Gasteiger partial charge in [0.05, 0.1) is 5.56 Å². The Morgan fingerprint density at radius 3 is 2.10 bits per heavy atom. The predicted molar refractivity (Wildman–Crippen MR) is 171 cm³/mol. The van der Waals surface area contributed by atoms with Gasteiger partial charge in [-0.1, -0.05) is 84.9 Å². The summed E-state index contributed by atoms with van der Waals surface area (Å²) in [6, 6.07) is 41.3. The molecule has 8 rings (SSSR count). The third-order valence-corrected chi connectivity index (χ3v) is 8.54. The van der Waals surface area contributed by atoms with Crippen LogP contribution in [0.2, 0.25) is 0 Å². The molecular formula is C37H25BF2N2. The zero-order valence-electron chi connectivity index (χ0n) is 22.9. The van der Waals surface area contributed by atoms with Crippen molar-refractivity contribution in [1.82, 2.24) is 0 Å². The van der Waals surface area contributed by atoms with Crippen molar-refractivity contribution < 1.29 is 8.78 Å². The zero-order chi connectivity index (χ0) is 28.4. The molecule has 0 bridgehead atoms. The molecule has 0 saturated carbocycles. The Hall–Kier alpha value is -5.16. The third kappa shape index (κ3) is 3.63. The monoisotopic (exact) mass is 546 g/mol. The maximum Gasteiger partial charge on any atom is 0.252 e. The summed E-state index contributed by atoms with van der Waals surface area (Å²) in [5, 5.41) is 3.75. The Balaban J connectivity index is 1.46. The third-order valence-electron chi connectivity index (χ3n) is 8.54. The Morgan fingerprint density at radius 1 is 0.619 bits per heavy atom. The Kier molecular flexibility index (Phi) is 5.54. The van der Waals surface area contributed by atoms with Gasteiger partial charge in [0.2, 0.25) is 0 Å². The molecular weight excluding hydrogens is 521 g/mol. The highest BCUT2D eigenvalue weighted by Gasteiger charge is 2.41. The summed E-state index contributed by atoms with van der Waals surface area (Å²) in [4.78, 5) is 2.21. The molecule has 0 aromatic heterocycles. The number of para-hydroxylation sites is 3. The first kappa shape index (κ1) is 24.6. The second-order valence-corrected chi connectivity index (χ2v) is 10.9. The number of fused-ring (bicyclic) bond motifs is 4. The molecule has 0 aliphatic carbocycles. The lowest BCUT2D eigenvalue weighted by atomic mass is 9.33. The number of benzene rings is 6. The van der Waals surface area contributed by atoms with Gasteiger partial charge in [0.25, 0.3) is 6.71 Å². The molecule has 2 aliphatic rings. The fourth-order valence-corrected chi connectivity index (χ4v) is 6.73. The van der Waals surface area contributed by atoms with Crippen LogP contribution in [0.3, 0.4) is 0 Å². The normalized spacial score (nSPS) is 12.7. The summed E-state index contributed by atoms with van der Waals surface area (Å²) in [6.07, 6.45) is 0. The fraction of sp³-hybridized carbons (Fsp3) is 0.0270. The highest BCUT2D eigenvalue weighted by Crippen LogP contribution is 2.43. The van der Waals surface area contributed by atoms with Crippen molar-refractivity contribution in [3.05, 3.63) is 145 Å². The molecule has 200 valence electrons. The van der Waals surface area contributed by atoms with Crippen molar-refractivity contribution >= 4 is 51.5 Å². The van der Waals surface area contributed by atoms with Gasteiger partial charge in [-0.25, -0.2) is 8.78 Å². The van der Waals surface area contributed by atoms with Crippen LogP contribution in [0.4, 0.5) is 37.2 Å². The van der Waals surface area contributed by atoms with Gasteiger partial charge in [0.1, 0.15) is 11.6 Å². The van der Waals surface area contributed by atoms with E-state index in [1.54, 1.807) is 0 Å². The molecule has 0 saturated heterocycles. The van der Waals surface area contributed by atoms with E-state index >= 15 is 8.78 Å². The molecule has 2 nitrogen and oxygen atoms in total. The van der Waals surface area contributed by atoms with E-state index in [4.69, 9.17) is 0 Å². The molecule has 0 fully saturated rings. The van der Waals surface area contributed by atoms with Crippen molar-refractivity contribution in [1.29, 1.82) is 0 Å². The first-order valence-electron chi connectivity index (χ1n) is 14.1. The number of nitrogens with zero attached hydrogens (tertiary/aromatic N) is 1. The molecule has 5 heteroatoms. The number of anilines is 5. The minimum Gasteiger partial charge on any atom is -0.356 e. The number of rotatable bonds is 3. The van der Waals surface area contributed by atoms with Crippen LogP contribution in [0.15, 0.2) is 127 Å². The van der Waals surface area contributed by atoms with Crippen LogP contribution < -0.4 is 26.6 Å². The minimum atomic E-state index is -0.585. The average molecular weight is 546 g/mol. The van der Waals surface area contributed by atoms with Crippen LogP contribution >= 0.6 is 0 Å². The number of nitrogens with one attached hydrogen (secondary N) is 1. The highest BCUT2D eigenvalue weighted by atomic mass is 19.1. The van der Waals surface area contributed by atoms with E-state index in [1.807, 2.05) is 42.5 Å². The van der Waals surface area contributed by atoms with Gasteiger partial charge in [-0.15, -0.1) is 0 Å². The van der Waals surface area contributed by atoms with E-state index in [2.05, 4.69) is 83.9 Å². The molecule has 1 N–H and O–H groups in total. The maximum absolute atomic E-state index is 15.2. The number of hydrogen-bond acceptors (Lipinski definition) is 2. The summed E-state index contributed by atoms with van der Waals surface area (Å²) in [7, 11) is 0. The first-order chi connectivity index (χ1) is 20.6. The van der Waals surface area contributed by atoms with Crippen molar-refractivity contribution in [2.45, 2.75) is 6.92 Å². The van der Waals surface area contributed by atoms with Crippen LogP contribution in [0.25, 0.3) is 22.3 Å². The first-order valence-corrected chi connectivity index (χ1v) is 14.1. The summed E-state index contributed by atoms with van der Waals surface area (Å²) in [6.45, 7) is 2.06. The Labute approximate surface area is 244 Å². The summed E-state index contributed by atoms with van der Waals surface area (Å²) >= 11 is 0. The molecule has 0 atom stereocenters. The smallest absolute Gasteiger partial charge is 0.252 e. The summed E-state index contributed by atoms with van der Waals surface area (Å²) in [5.74, 6) is -1.17. The van der Waals surface area contributed by atoms with E-state index in [-0.39, 0.29) is 12.3 Å². The Morgan fingerprint density at radius 2 is 1.29 bits per heavy atom. The lowest BCUT2D eigenvalue weighted by Crippen LogP contribution is -2.60. The van der Waals surface area contributed by atoms with E-state index < -0.39 is 11.6 Å². The van der Waals surface area contributed by atoms with E-state index in [0.29, 0.717) is 5.56 Å². The molecule has 6 aromatic carbocycles. The molecule has 2 heterocycles. The quantitative estimate of drug-likeness (QED) is 0.226. The molecule has 0 unspecified atom stereocenters. The maximum atomic E-state index is 15.2. The van der Waals surface area contributed by atoms with Gasteiger partial charge in [-0.3, -0.25) is 0 Å². The zero-order valence-corrected chi connectivity index (χ0v) is 22.9. The summed E-state index contributed by atoms with van der Waals surface area (Å²) < 4.78 is 30.5. The van der Waals surface area contributed by atoms with Crippen LogP contribution in [0.1, 0.15) is 5.56 Å². The lowest BCUT2D eigenvalue weighted by Gasteiger charge is -2.41. The number of halogens is 2. The molecule has 0 radical (unpaired) electrons. The lowest BCUT2D eigenvalue weighted by molar-refractivity contribution is 0.589. The molecule has 0 spiro atoms. The largest absolute Gasteiger partial charge is 0.356 e. The SMILES string of the molecule is Cc1ccccc1-c1cccc2c1Nc1cc(-c3c(F)cccc3F)cc3c1B2c1ccccc1N3c1ccccc1. The predicted octanol–water partition coefficient (Wildman–Crippen LogP) is 7.96.